The van der Waals surface area contributed by atoms with Crippen LogP contribution in [0.4, 0.5) is 0 Å². The third-order valence-corrected chi connectivity index (χ3v) is 1.25. The molecular formula is C7H13ClO4. The zero-order chi connectivity index (χ0) is 9.23. The zero-order valence-corrected chi connectivity index (χ0v) is 7.80. The van der Waals surface area contributed by atoms with Crippen molar-refractivity contribution in [1.82, 2.24) is 0 Å². The summed E-state index contributed by atoms with van der Waals surface area (Å²) in [7, 11) is 1.59. The predicted octanol–water partition coefficient (Wildman–Crippen LogP) is 0.431. The van der Waals surface area contributed by atoms with Crippen LogP contribution >= 0.6 is 11.6 Å². The van der Waals surface area contributed by atoms with Crippen molar-refractivity contribution in [2.45, 2.75) is 0 Å². The molecule has 5 heteroatoms. The molecule has 0 bridgehead atoms. The van der Waals surface area contributed by atoms with Crippen LogP contribution in [0.1, 0.15) is 0 Å². The molecule has 0 aliphatic rings. The summed E-state index contributed by atoms with van der Waals surface area (Å²) in [5, 5.41) is 0. The van der Waals surface area contributed by atoms with Crippen molar-refractivity contribution in [3.63, 3.8) is 0 Å². The van der Waals surface area contributed by atoms with Crippen molar-refractivity contribution >= 4 is 17.6 Å². The smallest absolute Gasteiger partial charge is 0.320 e. The summed E-state index contributed by atoms with van der Waals surface area (Å²) in [4.78, 5) is 10.5. The number of carbonyl (C=O) groups excluding carboxylic acids is 1. The van der Waals surface area contributed by atoms with Gasteiger partial charge in [0.15, 0.2) is 0 Å². The lowest BCUT2D eigenvalue weighted by atomic mass is 10.7. The minimum atomic E-state index is -0.424. The van der Waals surface area contributed by atoms with Gasteiger partial charge in [-0.3, -0.25) is 4.79 Å². The van der Waals surface area contributed by atoms with E-state index in [1.54, 1.807) is 7.11 Å². The van der Waals surface area contributed by atoms with E-state index >= 15 is 0 Å². The summed E-state index contributed by atoms with van der Waals surface area (Å²) in [5.74, 6) is -0.537. The van der Waals surface area contributed by atoms with E-state index < -0.39 is 5.97 Å². The monoisotopic (exact) mass is 196 g/mol. The molecule has 0 aromatic carbocycles. The Balaban J connectivity index is 2.95. The first-order valence-electron chi connectivity index (χ1n) is 3.59. The van der Waals surface area contributed by atoms with Crippen molar-refractivity contribution in [2.75, 3.05) is 39.4 Å². The van der Waals surface area contributed by atoms with Crippen molar-refractivity contribution in [2.24, 2.45) is 0 Å². The Morgan fingerprint density at radius 2 is 1.92 bits per heavy atom. The van der Waals surface area contributed by atoms with E-state index in [0.717, 1.165) is 0 Å². The van der Waals surface area contributed by atoms with Gasteiger partial charge in [0, 0.05) is 7.11 Å². The SMILES string of the molecule is COCCOCCOC(=O)CCl. The molecule has 0 amide bonds. The third-order valence-electron chi connectivity index (χ3n) is 1.03. The van der Waals surface area contributed by atoms with Crippen LogP contribution in [-0.2, 0) is 19.0 Å². The highest BCUT2D eigenvalue weighted by atomic mass is 35.5. The van der Waals surface area contributed by atoms with Gasteiger partial charge in [-0.25, -0.2) is 0 Å². The van der Waals surface area contributed by atoms with Crippen LogP contribution < -0.4 is 0 Å². The number of methoxy groups -OCH3 is 1. The molecule has 0 aromatic heterocycles. The molecule has 0 aliphatic heterocycles. The Morgan fingerprint density at radius 3 is 2.50 bits per heavy atom. The van der Waals surface area contributed by atoms with E-state index in [-0.39, 0.29) is 12.5 Å². The molecule has 72 valence electrons. The van der Waals surface area contributed by atoms with Crippen molar-refractivity contribution < 1.29 is 19.0 Å². The van der Waals surface area contributed by atoms with Crippen LogP contribution in [-0.4, -0.2) is 45.4 Å². The highest BCUT2D eigenvalue weighted by molar-refractivity contribution is 6.26. The van der Waals surface area contributed by atoms with Gasteiger partial charge >= 0.3 is 5.97 Å². The summed E-state index contributed by atoms with van der Waals surface area (Å²) in [6.07, 6.45) is 0. The fraction of sp³-hybridized carbons (Fsp3) is 0.857. The second kappa shape index (κ2) is 8.77. The second-order valence-corrected chi connectivity index (χ2v) is 2.23. The Hall–Kier alpha value is -0.320. The molecule has 12 heavy (non-hydrogen) atoms. The summed E-state index contributed by atoms with van der Waals surface area (Å²) in [5.41, 5.74) is 0. The van der Waals surface area contributed by atoms with Gasteiger partial charge in [0.25, 0.3) is 0 Å². The molecular weight excluding hydrogens is 184 g/mol. The molecule has 0 spiro atoms. The van der Waals surface area contributed by atoms with Crippen molar-refractivity contribution in [3.05, 3.63) is 0 Å². The zero-order valence-electron chi connectivity index (χ0n) is 7.05. The highest BCUT2D eigenvalue weighted by Crippen LogP contribution is 1.83. The fourth-order valence-electron chi connectivity index (χ4n) is 0.497. The topological polar surface area (TPSA) is 44.8 Å². The minimum absolute atomic E-state index is 0.113. The number of halogens is 1. The molecule has 0 aromatic rings. The van der Waals surface area contributed by atoms with Gasteiger partial charge in [-0.1, -0.05) is 0 Å². The van der Waals surface area contributed by atoms with Crippen LogP contribution in [0.15, 0.2) is 0 Å². The molecule has 0 radical (unpaired) electrons. The molecule has 0 heterocycles. The summed E-state index contributed by atoms with van der Waals surface area (Å²) in [6, 6.07) is 0. The van der Waals surface area contributed by atoms with Gasteiger partial charge in [-0.15, -0.1) is 11.6 Å². The van der Waals surface area contributed by atoms with Crippen LogP contribution in [0.25, 0.3) is 0 Å². The molecule has 0 saturated heterocycles. The van der Waals surface area contributed by atoms with Crippen LogP contribution in [0.2, 0.25) is 0 Å². The van der Waals surface area contributed by atoms with Gasteiger partial charge in [0.1, 0.15) is 12.5 Å². The molecule has 0 saturated carbocycles. The Bertz CT molecular complexity index is 118. The number of hydrogen-bond acceptors (Lipinski definition) is 4. The lowest BCUT2D eigenvalue weighted by Crippen LogP contribution is -2.12. The van der Waals surface area contributed by atoms with E-state index in [9.17, 15) is 4.79 Å². The number of carbonyl (C=O) groups is 1. The molecule has 4 nitrogen and oxygen atoms in total. The van der Waals surface area contributed by atoms with Gasteiger partial charge in [0.05, 0.1) is 19.8 Å². The number of hydrogen-bond donors (Lipinski definition) is 0. The molecule has 0 N–H and O–H groups in total. The molecule has 0 unspecified atom stereocenters. The van der Waals surface area contributed by atoms with E-state index in [1.165, 1.54) is 0 Å². The largest absolute Gasteiger partial charge is 0.462 e. The summed E-state index contributed by atoms with van der Waals surface area (Å²) >= 11 is 5.18. The first kappa shape index (κ1) is 11.7. The average Bonchev–Trinajstić information content (AvgIpc) is 2.10. The van der Waals surface area contributed by atoms with E-state index in [2.05, 4.69) is 4.74 Å². The number of ether oxygens (including phenoxy) is 3. The molecule has 0 atom stereocenters. The van der Waals surface area contributed by atoms with E-state index in [4.69, 9.17) is 21.1 Å². The number of esters is 1. The third kappa shape index (κ3) is 7.78. The van der Waals surface area contributed by atoms with Crippen LogP contribution in [0.3, 0.4) is 0 Å². The number of rotatable bonds is 7. The Labute approximate surface area is 76.7 Å². The maximum Gasteiger partial charge on any atom is 0.320 e. The van der Waals surface area contributed by atoms with Crippen molar-refractivity contribution in [1.29, 1.82) is 0 Å². The minimum Gasteiger partial charge on any atom is -0.462 e. The van der Waals surface area contributed by atoms with Gasteiger partial charge in [-0.05, 0) is 0 Å². The molecule has 0 fully saturated rings. The Morgan fingerprint density at radius 1 is 1.25 bits per heavy atom. The molecule has 0 rings (SSSR count). The fourth-order valence-corrected chi connectivity index (χ4v) is 0.574. The lowest BCUT2D eigenvalue weighted by Gasteiger charge is -2.03. The Kier molecular flexibility index (Phi) is 8.54. The normalized spacial score (nSPS) is 9.83. The molecule has 0 aliphatic carbocycles. The maximum atomic E-state index is 10.5. The lowest BCUT2D eigenvalue weighted by molar-refractivity contribution is -0.142. The van der Waals surface area contributed by atoms with Crippen LogP contribution in [0.5, 0.6) is 0 Å². The second-order valence-electron chi connectivity index (χ2n) is 1.96. The summed E-state index contributed by atoms with van der Waals surface area (Å²) < 4.78 is 14.4. The summed E-state index contributed by atoms with van der Waals surface area (Å²) in [6.45, 7) is 1.68. The first-order chi connectivity index (χ1) is 5.81. The average molecular weight is 197 g/mol. The van der Waals surface area contributed by atoms with Gasteiger partial charge in [0.2, 0.25) is 0 Å². The van der Waals surface area contributed by atoms with Gasteiger partial charge in [-0.2, -0.15) is 0 Å². The van der Waals surface area contributed by atoms with Crippen LogP contribution in [0, 0.1) is 0 Å². The first-order valence-corrected chi connectivity index (χ1v) is 4.13. The van der Waals surface area contributed by atoms with Crippen molar-refractivity contribution in [3.8, 4) is 0 Å². The highest BCUT2D eigenvalue weighted by Gasteiger charge is 1.97. The van der Waals surface area contributed by atoms with E-state index in [0.29, 0.717) is 19.8 Å². The standard InChI is InChI=1S/C7H13ClO4/c1-10-2-3-11-4-5-12-7(9)6-8/h2-6H2,1H3. The van der Waals surface area contributed by atoms with E-state index in [1.807, 2.05) is 0 Å². The quantitative estimate of drug-likeness (QED) is 0.337. The number of alkyl halides is 1. The predicted molar refractivity (Wildman–Crippen MR) is 44.4 cm³/mol. The van der Waals surface area contributed by atoms with Gasteiger partial charge < -0.3 is 14.2 Å². The maximum absolute atomic E-state index is 10.5.